The Morgan fingerprint density at radius 3 is 2.18 bits per heavy atom. The lowest BCUT2D eigenvalue weighted by atomic mass is 9.90. The molecule has 0 radical (unpaired) electrons. The average Bonchev–Trinajstić information content (AvgIpc) is 2.55. The van der Waals surface area contributed by atoms with E-state index in [1.54, 1.807) is 0 Å². The van der Waals surface area contributed by atoms with Crippen molar-refractivity contribution in [2.24, 2.45) is 11.8 Å². The van der Waals surface area contributed by atoms with Crippen LogP contribution in [0, 0.1) is 11.8 Å². The van der Waals surface area contributed by atoms with Crippen LogP contribution < -0.4 is 5.32 Å². The zero-order valence-electron chi connectivity index (χ0n) is 12.3. The molecule has 0 aromatic rings. The first kappa shape index (κ1) is 15.0. The summed E-state index contributed by atoms with van der Waals surface area (Å²) in [5.74, 6) is 1.87. The van der Waals surface area contributed by atoms with Gasteiger partial charge < -0.3 is 5.32 Å². The first-order valence-electron chi connectivity index (χ1n) is 7.89. The first-order valence-corrected chi connectivity index (χ1v) is 7.89. The summed E-state index contributed by atoms with van der Waals surface area (Å²) in [5.41, 5.74) is 0. The van der Waals surface area contributed by atoms with Crippen molar-refractivity contribution in [2.45, 2.75) is 84.1 Å². The Balaban J connectivity index is 2.19. The number of hydrogen-bond donors (Lipinski definition) is 1. The third-order valence-corrected chi connectivity index (χ3v) is 4.33. The molecule has 0 spiro atoms. The second-order valence-corrected chi connectivity index (χ2v) is 6.40. The third kappa shape index (κ3) is 7.08. The van der Waals surface area contributed by atoms with E-state index in [9.17, 15) is 0 Å². The van der Waals surface area contributed by atoms with E-state index in [1.807, 2.05) is 0 Å². The SMILES string of the molecule is CNC(CCCC(C)C)CC1CCCCCC1. The molecule has 1 atom stereocenters. The Hall–Kier alpha value is -0.0400. The van der Waals surface area contributed by atoms with Gasteiger partial charge in [-0.1, -0.05) is 65.2 Å². The molecule has 0 heterocycles. The molecule has 102 valence electrons. The highest BCUT2D eigenvalue weighted by Crippen LogP contribution is 2.27. The van der Waals surface area contributed by atoms with Crippen LogP contribution in [0.4, 0.5) is 0 Å². The fraction of sp³-hybridized carbons (Fsp3) is 1.00. The smallest absolute Gasteiger partial charge is 0.00667 e. The molecular formula is C16H33N. The molecule has 1 nitrogen and oxygen atoms in total. The van der Waals surface area contributed by atoms with Crippen molar-refractivity contribution in [2.75, 3.05) is 7.05 Å². The highest BCUT2D eigenvalue weighted by atomic mass is 14.9. The molecule has 0 amide bonds. The van der Waals surface area contributed by atoms with Crippen LogP contribution in [0.1, 0.15) is 78.1 Å². The largest absolute Gasteiger partial charge is 0.317 e. The predicted molar refractivity (Wildman–Crippen MR) is 77.3 cm³/mol. The standard InChI is InChI=1S/C16H33N/c1-14(2)9-8-12-16(17-3)13-15-10-6-4-5-7-11-15/h14-17H,4-13H2,1-3H3. The van der Waals surface area contributed by atoms with Crippen LogP contribution >= 0.6 is 0 Å². The zero-order chi connectivity index (χ0) is 12.5. The molecule has 1 aliphatic rings. The van der Waals surface area contributed by atoms with E-state index in [2.05, 4.69) is 26.2 Å². The molecular weight excluding hydrogens is 206 g/mol. The van der Waals surface area contributed by atoms with E-state index in [-0.39, 0.29) is 0 Å². The quantitative estimate of drug-likeness (QED) is 0.632. The summed E-state index contributed by atoms with van der Waals surface area (Å²) >= 11 is 0. The van der Waals surface area contributed by atoms with Gasteiger partial charge in [-0.15, -0.1) is 0 Å². The van der Waals surface area contributed by atoms with Crippen molar-refractivity contribution in [1.82, 2.24) is 5.32 Å². The molecule has 17 heavy (non-hydrogen) atoms. The summed E-state index contributed by atoms with van der Waals surface area (Å²) in [5, 5.41) is 3.54. The molecule has 0 aliphatic heterocycles. The van der Waals surface area contributed by atoms with Gasteiger partial charge in [-0.2, -0.15) is 0 Å². The molecule has 0 bridgehead atoms. The summed E-state index contributed by atoms with van der Waals surface area (Å²) in [7, 11) is 2.15. The summed E-state index contributed by atoms with van der Waals surface area (Å²) in [6.07, 6.45) is 14.5. The summed E-state index contributed by atoms with van der Waals surface area (Å²) < 4.78 is 0. The minimum atomic E-state index is 0.775. The molecule has 1 aliphatic carbocycles. The summed E-state index contributed by atoms with van der Waals surface area (Å²) in [6, 6.07) is 0.775. The molecule has 1 heteroatoms. The van der Waals surface area contributed by atoms with Crippen molar-refractivity contribution in [3.05, 3.63) is 0 Å². The van der Waals surface area contributed by atoms with Gasteiger partial charge in [-0.25, -0.2) is 0 Å². The Morgan fingerprint density at radius 2 is 1.65 bits per heavy atom. The van der Waals surface area contributed by atoms with Crippen LogP contribution in [0.2, 0.25) is 0 Å². The van der Waals surface area contributed by atoms with Gasteiger partial charge in [0.25, 0.3) is 0 Å². The van der Waals surface area contributed by atoms with E-state index in [0.717, 1.165) is 17.9 Å². The first-order chi connectivity index (χ1) is 8.22. The van der Waals surface area contributed by atoms with Crippen LogP contribution in [0.25, 0.3) is 0 Å². The van der Waals surface area contributed by atoms with E-state index >= 15 is 0 Å². The van der Waals surface area contributed by atoms with Gasteiger partial charge in [-0.3, -0.25) is 0 Å². The van der Waals surface area contributed by atoms with E-state index in [0.29, 0.717) is 0 Å². The molecule has 1 rings (SSSR count). The lowest BCUT2D eigenvalue weighted by molar-refractivity contribution is 0.340. The topological polar surface area (TPSA) is 12.0 Å². The summed E-state index contributed by atoms with van der Waals surface area (Å²) in [6.45, 7) is 4.67. The fourth-order valence-corrected chi connectivity index (χ4v) is 3.15. The van der Waals surface area contributed by atoms with Gasteiger partial charge in [-0.05, 0) is 31.7 Å². The maximum Gasteiger partial charge on any atom is 0.00667 e. The zero-order valence-corrected chi connectivity index (χ0v) is 12.3. The van der Waals surface area contributed by atoms with Gasteiger partial charge in [0, 0.05) is 6.04 Å². The molecule has 1 unspecified atom stereocenters. The van der Waals surface area contributed by atoms with Crippen LogP contribution in [0.15, 0.2) is 0 Å². The predicted octanol–water partition coefficient (Wildman–Crippen LogP) is 4.76. The maximum absolute atomic E-state index is 3.54. The highest BCUT2D eigenvalue weighted by molar-refractivity contribution is 4.73. The Morgan fingerprint density at radius 1 is 1.00 bits per heavy atom. The Kier molecular flexibility index (Phi) is 7.92. The lowest BCUT2D eigenvalue weighted by Gasteiger charge is -2.22. The Labute approximate surface area is 109 Å². The highest BCUT2D eigenvalue weighted by Gasteiger charge is 2.16. The monoisotopic (exact) mass is 239 g/mol. The second kappa shape index (κ2) is 8.97. The van der Waals surface area contributed by atoms with Gasteiger partial charge >= 0.3 is 0 Å². The van der Waals surface area contributed by atoms with Crippen molar-refractivity contribution < 1.29 is 0 Å². The number of rotatable bonds is 7. The minimum Gasteiger partial charge on any atom is -0.317 e. The molecule has 1 N–H and O–H groups in total. The van der Waals surface area contributed by atoms with Crippen molar-refractivity contribution in [3.63, 3.8) is 0 Å². The summed E-state index contributed by atoms with van der Waals surface area (Å²) in [4.78, 5) is 0. The van der Waals surface area contributed by atoms with Gasteiger partial charge in [0.2, 0.25) is 0 Å². The second-order valence-electron chi connectivity index (χ2n) is 6.40. The molecule has 0 aromatic carbocycles. The van der Waals surface area contributed by atoms with Crippen molar-refractivity contribution in [1.29, 1.82) is 0 Å². The van der Waals surface area contributed by atoms with Crippen LogP contribution in [0.3, 0.4) is 0 Å². The minimum absolute atomic E-state index is 0.775. The van der Waals surface area contributed by atoms with Crippen LogP contribution in [0.5, 0.6) is 0 Å². The van der Waals surface area contributed by atoms with Crippen molar-refractivity contribution >= 4 is 0 Å². The normalized spacial score (nSPS) is 20.5. The third-order valence-electron chi connectivity index (χ3n) is 4.33. The molecule has 0 saturated heterocycles. The van der Waals surface area contributed by atoms with E-state index in [4.69, 9.17) is 0 Å². The fourth-order valence-electron chi connectivity index (χ4n) is 3.15. The van der Waals surface area contributed by atoms with Crippen LogP contribution in [-0.2, 0) is 0 Å². The Bertz CT molecular complexity index is 168. The van der Waals surface area contributed by atoms with Gasteiger partial charge in [0.1, 0.15) is 0 Å². The van der Waals surface area contributed by atoms with Gasteiger partial charge in [0.05, 0.1) is 0 Å². The van der Waals surface area contributed by atoms with Crippen molar-refractivity contribution in [3.8, 4) is 0 Å². The van der Waals surface area contributed by atoms with E-state index in [1.165, 1.54) is 64.2 Å². The number of nitrogens with one attached hydrogen (secondary N) is 1. The van der Waals surface area contributed by atoms with Gasteiger partial charge in [0.15, 0.2) is 0 Å². The lowest BCUT2D eigenvalue weighted by Crippen LogP contribution is -2.28. The molecule has 1 saturated carbocycles. The van der Waals surface area contributed by atoms with E-state index < -0.39 is 0 Å². The van der Waals surface area contributed by atoms with Crippen LogP contribution in [-0.4, -0.2) is 13.1 Å². The molecule has 1 fully saturated rings. The average molecular weight is 239 g/mol. The number of hydrogen-bond acceptors (Lipinski definition) is 1. The maximum atomic E-state index is 3.54. The molecule has 0 aromatic heterocycles.